The van der Waals surface area contributed by atoms with E-state index in [1.165, 1.54) is 23.5 Å². The molecule has 3 N–H and O–H groups in total. The maximum Gasteiger partial charge on any atom is 0.253 e. The van der Waals surface area contributed by atoms with Crippen molar-refractivity contribution < 1.29 is 9.18 Å². The third-order valence-corrected chi connectivity index (χ3v) is 2.95. The Balaban J connectivity index is 2.07. The predicted molar refractivity (Wildman–Crippen MR) is 64.1 cm³/mol. The van der Waals surface area contributed by atoms with Gasteiger partial charge in [-0.25, -0.2) is 4.39 Å². The second kappa shape index (κ2) is 4.92. The molecule has 0 radical (unpaired) electrons. The van der Waals surface area contributed by atoms with Crippen LogP contribution < -0.4 is 11.1 Å². The number of hydrogen-bond acceptors (Lipinski definition) is 4. The fraction of sp³-hybridized carbons (Fsp3) is 0.0909. The zero-order valence-electron chi connectivity index (χ0n) is 8.81. The number of halogens is 1. The van der Waals surface area contributed by atoms with Gasteiger partial charge >= 0.3 is 0 Å². The van der Waals surface area contributed by atoms with Gasteiger partial charge < -0.3 is 11.1 Å². The largest absolute Gasteiger partial charge is 0.398 e. The van der Waals surface area contributed by atoms with Gasteiger partial charge in [0.1, 0.15) is 5.82 Å². The molecule has 88 valence electrons. The number of nitrogens with one attached hydrogen (secondary N) is 1. The average molecular weight is 251 g/mol. The average Bonchev–Trinajstić information content (AvgIpc) is 2.82. The number of amides is 1. The normalized spacial score (nSPS) is 10.2. The first kappa shape index (κ1) is 11.5. The van der Waals surface area contributed by atoms with Gasteiger partial charge in [0.25, 0.3) is 5.91 Å². The number of aromatic nitrogens is 1. The summed E-state index contributed by atoms with van der Waals surface area (Å²) in [5.41, 5.74) is 7.69. The maximum absolute atomic E-state index is 13.0. The summed E-state index contributed by atoms with van der Waals surface area (Å²) in [5.74, 6) is -0.877. The summed E-state index contributed by atoms with van der Waals surface area (Å²) in [6, 6.07) is 3.71. The summed E-state index contributed by atoms with van der Waals surface area (Å²) in [6.07, 6.45) is 1.67. The van der Waals surface area contributed by atoms with Crippen molar-refractivity contribution in [1.29, 1.82) is 0 Å². The Bertz CT molecular complexity index is 528. The van der Waals surface area contributed by atoms with Crippen LogP contribution in [0.5, 0.6) is 0 Å². The van der Waals surface area contributed by atoms with Crippen LogP contribution in [-0.2, 0) is 6.54 Å². The number of nitrogens with two attached hydrogens (primary N) is 1. The molecule has 1 heterocycles. The van der Waals surface area contributed by atoms with Crippen LogP contribution in [0, 0.1) is 5.82 Å². The maximum atomic E-state index is 13.0. The van der Waals surface area contributed by atoms with E-state index in [-0.39, 0.29) is 11.3 Å². The number of carbonyl (C=O) groups is 1. The van der Waals surface area contributed by atoms with Crippen molar-refractivity contribution in [3.63, 3.8) is 0 Å². The number of nitrogen functional groups attached to an aromatic ring is 1. The molecule has 1 aromatic heterocycles. The van der Waals surface area contributed by atoms with Gasteiger partial charge in [0.15, 0.2) is 0 Å². The van der Waals surface area contributed by atoms with E-state index in [0.717, 1.165) is 10.9 Å². The molecule has 0 aliphatic rings. The highest BCUT2D eigenvalue weighted by Gasteiger charge is 2.10. The Morgan fingerprint density at radius 2 is 2.35 bits per heavy atom. The zero-order chi connectivity index (χ0) is 12.3. The van der Waals surface area contributed by atoms with Crippen LogP contribution in [0.2, 0.25) is 0 Å². The molecule has 0 saturated carbocycles. The number of benzene rings is 1. The molecule has 1 amide bonds. The second-order valence-corrected chi connectivity index (χ2v) is 4.35. The summed E-state index contributed by atoms with van der Waals surface area (Å²) in [5, 5.41) is 2.65. The standard InChI is InChI=1S/C11H10FN3OS/c12-7-1-2-10(13)9(3-7)11(16)15-5-8-4-14-6-17-8/h1-4,6H,5,13H2,(H,15,16). The van der Waals surface area contributed by atoms with Crippen molar-refractivity contribution in [3.8, 4) is 0 Å². The number of thiazole rings is 1. The molecule has 0 aliphatic carbocycles. The lowest BCUT2D eigenvalue weighted by molar-refractivity contribution is 0.0951. The first-order valence-corrected chi connectivity index (χ1v) is 5.75. The minimum absolute atomic E-state index is 0.148. The van der Waals surface area contributed by atoms with Gasteiger partial charge in [-0.2, -0.15) is 0 Å². The van der Waals surface area contributed by atoms with E-state index < -0.39 is 11.7 Å². The Kier molecular flexibility index (Phi) is 3.34. The van der Waals surface area contributed by atoms with Crippen molar-refractivity contribution in [1.82, 2.24) is 10.3 Å². The molecule has 0 fully saturated rings. The number of nitrogens with zero attached hydrogens (tertiary/aromatic N) is 1. The molecule has 2 aromatic rings. The first-order chi connectivity index (χ1) is 8.16. The monoisotopic (exact) mass is 251 g/mol. The van der Waals surface area contributed by atoms with E-state index >= 15 is 0 Å². The van der Waals surface area contributed by atoms with E-state index in [2.05, 4.69) is 10.3 Å². The highest BCUT2D eigenvalue weighted by molar-refractivity contribution is 7.09. The predicted octanol–water partition coefficient (Wildman–Crippen LogP) is 1.79. The van der Waals surface area contributed by atoms with Gasteiger partial charge in [-0.05, 0) is 18.2 Å². The zero-order valence-corrected chi connectivity index (χ0v) is 9.63. The van der Waals surface area contributed by atoms with Crippen LogP contribution in [-0.4, -0.2) is 10.9 Å². The SMILES string of the molecule is Nc1ccc(F)cc1C(=O)NCc1cncs1. The van der Waals surface area contributed by atoms with Crippen molar-refractivity contribution in [2.45, 2.75) is 6.54 Å². The molecule has 0 spiro atoms. The molecule has 4 nitrogen and oxygen atoms in total. The summed E-state index contributed by atoms with van der Waals surface area (Å²) >= 11 is 1.44. The van der Waals surface area contributed by atoms with Crippen LogP contribution in [0.3, 0.4) is 0 Å². The van der Waals surface area contributed by atoms with Crippen LogP contribution in [0.4, 0.5) is 10.1 Å². The highest BCUT2D eigenvalue weighted by atomic mass is 32.1. The molecule has 2 rings (SSSR count). The van der Waals surface area contributed by atoms with Gasteiger partial charge in [0.05, 0.1) is 17.6 Å². The molecule has 17 heavy (non-hydrogen) atoms. The number of rotatable bonds is 3. The van der Waals surface area contributed by atoms with Crippen molar-refractivity contribution >= 4 is 22.9 Å². The molecule has 0 saturated heterocycles. The Morgan fingerprint density at radius 3 is 3.06 bits per heavy atom. The van der Waals surface area contributed by atoms with Crippen molar-refractivity contribution in [3.05, 3.63) is 46.2 Å². The number of carbonyl (C=O) groups excluding carboxylic acids is 1. The topological polar surface area (TPSA) is 68.0 Å². The highest BCUT2D eigenvalue weighted by Crippen LogP contribution is 2.13. The lowest BCUT2D eigenvalue weighted by atomic mass is 10.1. The molecule has 0 unspecified atom stereocenters. The minimum Gasteiger partial charge on any atom is -0.398 e. The van der Waals surface area contributed by atoms with E-state index in [0.29, 0.717) is 6.54 Å². The Hall–Kier alpha value is -1.95. The molecule has 0 bridgehead atoms. The molecule has 1 aromatic carbocycles. The lowest BCUT2D eigenvalue weighted by Gasteiger charge is -2.06. The smallest absolute Gasteiger partial charge is 0.253 e. The molecule has 6 heteroatoms. The lowest BCUT2D eigenvalue weighted by Crippen LogP contribution is -2.23. The van der Waals surface area contributed by atoms with Crippen LogP contribution in [0.25, 0.3) is 0 Å². The quantitative estimate of drug-likeness (QED) is 0.817. The third kappa shape index (κ3) is 2.79. The van der Waals surface area contributed by atoms with E-state index in [1.807, 2.05) is 0 Å². The van der Waals surface area contributed by atoms with Crippen LogP contribution in [0.1, 0.15) is 15.2 Å². The van der Waals surface area contributed by atoms with E-state index in [1.54, 1.807) is 11.7 Å². The van der Waals surface area contributed by atoms with Gasteiger partial charge in [0, 0.05) is 16.8 Å². The summed E-state index contributed by atoms with van der Waals surface area (Å²) in [7, 11) is 0. The van der Waals surface area contributed by atoms with E-state index in [4.69, 9.17) is 5.73 Å². The van der Waals surface area contributed by atoms with E-state index in [9.17, 15) is 9.18 Å². The van der Waals surface area contributed by atoms with Gasteiger partial charge in [0.2, 0.25) is 0 Å². The van der Waals surface area contributed by atoms with Crippen LogP contribution >= 0.6 is 11.3 Å². The van der Waals surface area contributed by atoms with Gasteiger partial charge in [-0.3, -0.25) is 9.78 Å². The van der Waals surface area contributed by atoms with Crippen molar-refractivity contribution in [2.24, 2.45) is 0 Å². The summed E-state index contributed by atoms with van der Waals surface area (Å²) in [4.78, 5) is 16.6. The van der Waals surface area contributed by atoms with Gasteiger partial charge in [-0.15, -0.1) is 11.3 Å². The Morgan fingerprint density at radius 1 is 1.53 bits per heavy atom. The molecular weight excluding hydrogens is 241 g/mol. The molecular formula is C11H10FN3OS. The number of anilines is 1. The minimum atomic E-state index is -0.484. The summed E-state index contributed by atoms with van der Waals surface area (Å²) < 4.78 is 13.0. The fourth-order valence-electron chi connectivity index (χ4n) is 1.32. The van der Waals surface area contributed by atoms with Crippen molar-refractivity contribution in [2.75, 3.05) is 5.73 Å². The van der Waals surface area contributed by atoms with Gasteiger partial charge in [-0.1, -0.05) is 0 Å². The fourth-order valence-corrected chi connectivity index (χ4v) is 1.85. The third-order valence-electron chi connectivity index (χ3n) is 2.17. The molecule has 0 atom stereocenters. The molecule has 0 aliphatic heterocycles. The summed E-state index contributed by atoms with van der Waals surface area (Å²) in [6.45, 7) is 0.361. The number of hydrogen-bond donors (Lipinski definition) is 2. The Labute approximate surface area is 101 Å². The second-order valence-electron chi connectivity index (χ2n) is 3.38. The first-order valence-electron chi connectivity index (χ1n) is 4.87. The van der Waals surface area contributed by atoms with Crippen LogP contribution in [0.15, 0.2) is 29.9 Å².